The van der Waals surface area contributed by atoms with E-state index in [1.54, 1.807) is 12.1 Å². The molecule has 7 N–H and O–H groups in total. The van der Waals surface area contributed by atoms with Crippen molar-refractivity contribution in [2.75, 3.05) is 13.2 Å². The minimum Gasteiger partial charge on any atom is -0.449 e. The number of carbonyl (C=O) groups excluding carboxylic acids is 3. The van der Waals surface area contributed by atoms with E-state index >= 15 is 0 Å². The third-order valence-corrected chi connectivity index (χ3v) is 8.60. The number of benzene rings is 3. The topological polar surface area (TPSA) is 192 Å². The maximum absolute atomic E-state index is 13.5. The SMILES string of the molecule is NCCCC[C@H](NC(=O)[C@H](Cc1ccc2c(c1)COP(=O)(O)O2)NC(=O)OCC1c2ccccc2-c2ccccc21)C(N)=O. The van der Waals surface area contributed by atoms with Crippen molar-refractivity contribution in [3.63, 3.8) is 0 Å². The lowest BCUT2D eigenvalue weighted by atomic mass is 9.98. The number of hydrogen-bond acceptors (Lipinski definition) is 8. The molecule has 12 nitrogen and oxygen atoms in total. The number of fused-ring (bicyclic) bond motifs is 4. The van der Waals surface area contributed by atoms with Crippen LogP contribution in [-0.4, -0.2) is 48.0 Å². The van der Waals surface area contributed by atoms with Gasteiger partial charge in [-0.2, -0.15) is 0 Å². The number of amides is 3. The lowest BCUT2D eigenvalue weighted by Crippen LogP contribution is -2.53. The molecule has 0 fully saturated rings. The lowest BCUT2D eigenvalue weighted by Gasteiger charge is -2.24. The molecule has 0 aromatic heterocycles. The average Bonchev–Trinajstić information content (AvgIpc) is 3.32. The Kier molecular flexibility index (Phi) is 9.65. The van der Waals surface area contributed by atoms with Crippen LogP contribution in [0.4, 0.5) is 4.79 Å². The summed E-state index contributed by atoms with van der Waals surface area (Å²) in [4.78, 5) is 48.3. The number of unbranched alkanes of at least 4 members (excludes halogenated alkanes) is 1. The lowest BCUT2D eigenvalue weighted by molar-refractivity contribution is -0.128. The zero-order chi connectivity index (χ0) is 31.3. The van der Waals surface area contributed by atoms with Gasteiger partial charge in [-0.25, -0.2) is 9.36 Å². The molecule has 44 heavy (non-hydrogen) atoms. The maximum Gasteiger partial charge on any atom is 0.527 e. The number of nitrogens with one attached hydrogen (secondary N) is 2. The summed E-state index contributed by atoms with van der Waals surface area (Å²) < 4.78 is 27.3. The molecule has 0 spiro atoms. The zero-order valence-electron chi connectivity index (χ0n) is 23.9. The van der Waals surface area contributed by atoms with E-state index in [9.17, 15) is 23.8 Å². The largest absolute Gasteiger partial charge is 0.527 e. The van der Waals surface area contributed by atoms with Crippen molar-refractivity contribution < 1.29 is 37.6 Å². The van der Waals surface area contributed by atoms with Crippen LogP contribution in [0.15, 0.2) is 66.7 Å². The molecule has 1 aliphatic heterocycles. The van der Waals surface area contributed by atoms with Gasteiger partial charge in [0.1, 0.15) is 24.4 Å². The van der Waals surface area contributed by atoms with Gasteiger partial charge in [0.25, 0.3) is 0 Å². The monoisotopic (exact) mass is 622 g/mol. The Bertz CT molecular complexity index is 1550. The van der Waals surface area contributed by atoms with Crippen LogP contribution in [0, 0.1) is 0 Å². The molecule has 3 amide bonds. The summed E-state index contributed by atoms with van der Waals surface area (Å²) in [5.74, 6) is -1.32. The van der Waals surface area contributed by atoms with Crippen LogP contribution < -0.4 is 26.6 Å². The highest BCUT2D eigenvalue weighted by Gasteiger charge is 2.32. The molecule has 0 bridgehead atoms. The highest BCUT2D eigenvalue weighted by Crippen LogP contribution is 2.50. The molecular formula is C31H35N4O8P. The van der Waals surface area contributed by atoms with Crippen molar-refractivity contribution in [1.29, 1.82) is 0 Å². The summed E-state index contributed by atoms with van der Waals surface area (Å²) >= 11 is 0. The van der Waals surface area contributed by atoms with Crippen molar-refractivity contribution in [2.24, 2.45) is 11.5 Å². The third-order valence-electron chi connectivity index (χ3n) is 7.72. The van der Waals surface area contributed by atoms with E-state index < -0.39 is 37.8 Å². The summed E-state index contributed by atoms with van der Waals surface area (Å²) in [6.45, 7) is 0.313. The second-order valence-corrected chi connectivity index (χ2v) is 12.1. The first-order chi connectivity index (χ1) is 21.1. The van der Waals surface area contributed by atoms with E-state index in [1.165, 1.54) is 6.07 Å². The zero-order valence-corrected chi connectivity index (χ0v) is 24.8. The first kappa shape index (κ1) is 31.2. The molecule has 0 radical (unpaired) electrons. The quantitative estimate of drug-likeness (QED) is 0.149. The van der Waals surface area contributed by atoms with E-state index in [0.29, 0.717) is 36.9 Å². The van der Waals surface area contributed by atoms with Crippen LogP contribution in [0.5, 0.6) is 5.75 Å². The Morgan fingerprint density at radius 1 is 0.977 bits per heavy atom. The van der Waals surface area contributed by atoms with Crippen LogP contribution in [0.25, 0.3) is 11.1 Å². The Hall–Kier alpha value is -4.22. The van der Waals surface area contributed by atoms with Crippen LogP contribution in [0.2, 0.25) is 0 Å². The number of carbonyl (C=O) groups is 3. The normalized spacial score (nSPS) is 18.1. The van der Waals surface area contributed by atoms with Gasteiger partial charge in [0.2, 0.25) is 11.8 Å². The highest BCUT2D eigenvalue weighted by molar-refractivity contribution is 7.47. The van der Waals surface area contributed by atoms with E-state index in [2.05, 4.69) is 10.6 Å². The van der Waals surface area contributed by atoms with Gasteiger partial charge in [0.15, 0.2) is 0 Å². The van der Waals surface area contributed by atoms with Gasteiger partial charge < -0.3 is 31.4 Å². The molecular weight excluding hydrogens is 587 g/mol. The summed E-state index contributed by atoms with van der Waals surface area (Å²) in [5, 5.41) is 5.30. The number of nitrogens with two attached hydrogens (primary N) is 2. The summed E-state index contributed by atoms with van der Waals surface area (Å²) in [5.41, 5.74) is 16.5. The molecule has 0 saturated carbocycles. The van der Waals surface area contributed by atoms with E-state index in [-0.39, 0.29) is 31.3 Å². The number of rotatable bonds is 12. The van der Waals surface area contributed by atoms with Crippen molar-refractivity contribution in [2.45, 2.75) is 50.3 Å². The van der Waals surface area contributed by atoms with Gasteiger partial charge in [0, 0.05) is 17.9 Å². The number of alkyl carbamates (subject to hydrolysis) is 1. The first-order valence-corrected chi connectivity index (χ1v) is 15.8. The van der Waals surface area contributed by atoms with Crippen molar-refractivity contribution in [3.8, 4) is 16.9 Å². The van der Waals surface area contributed by atoms with Crippen molar-refractivity contribution in [3.05, 3.63) is 89.0 Å². The third kappa shape index (κ3) is 7.28. The molecule has 0 saturated heterocycles. The Morgan fingerprint density at radius 2 is 1.66 bits per heavy atom. The van der Waals surface area contributed by atoms with E-state index in [1.807, 2.05) is 48.5 Å². The average molecular weight is 623 g/mol. The summed E-state index contributed by atoms with van der Waals surface area (Å²) in [7, 11) is -4.18. The minimum absolute atomic E-state index is 0.00831. The molecule has 3 aromatic carbocycles. The van der Waals surface area contributed by atoms with Crippen LogP contribution >= 0.6 is 7.82 Å². The van der Waals surface area contributed by atoms with Crippen LogP contribution in [-0.2, 0) is 36.4 Å². The molecule has 5 rings (SSSR count). The maximum atomic E-state index is 13.5. The molecule has 232 valence electrons. The van der Waals surface area contributed by atoms with Crippen molar-refractivity contribution >= 4 is 25.7 Å². The minimum atomic E-state index is -4.18. The molecule has 1 unspecified atom stereocenters. The standard InChI is InChI=1S/C31H35N4O8P/c32-14-6-5-11-26(29(33)36)34-30(37)27(16-19-12-13-28-20(15-19)17-42-44(39,40)43-28)35-31(38)41-18-25-23-9-3-1-7-21(23)22-8-2-4-10-24(22)25/h1-4,7-10,12-13,15,25-27H,5-6,11,14,16-18,32H2,(H2,33,36)(H,34,37)(H,35,38)(H,39,40)/t26-,27-/m0/s1. The number of primary amides is 1. The molecule has 3 atom stereocenters. The Labute approximate surface area is 254 Å². The smallest absolute Gasteiger partial charge is 0.449 e. The second-order valence-electron chi connectivity index (χ2n) is 10.7. The van der Waals surface area contributed by atoms with Gasteiger partial charge in [-0.05, 0) is 65.8 Å². The van der Waals surface area contributed by atoms with Gasteiger partial charge in [-0.3, -0.25) is 19.0 Å². The number of phosphoric acid groups is 1. The number of hydrogen-bond donors (Lipinski definition) is 5. The predicted molar refractivity (Wildman–Crippen MR) is 161 cm³/mol. The van der Waals surface area contributed by atoms with Crippen LogP contribution in [0.3, 0.4) is 0 Å². The number of phosphoric ester groups is 1. The van der Waals surface area contributed by atoms with Crippen molar-refractivity contribution in [1.82, 2.24) is 10.6 Å². The fourth-order valence-electron chi connectivity index (χ4n) is 5.54. The van der Waals surface area contributed by atoms with Gasteiger partial charge in [0.05, 0.1) is 6.61 Å². The molecule has 13 heteroatoms. The van der Waals surface area contributed by atoms with Crippen LogP contribution in [0.1, 0.15) is 47.4 Å². The Balaban J connectivity index is 1.31. The van der Waals surface area contributed by atoms with Gasteiger partial charge >= 0.3 is 13.9 Å². The fraction of sp³-hybridized carbons (Fsp3) is 0.323. The molecule has 1 heterocycles. The Morgan fingerprint density at radius 3 is 2.32 bits per heavy atom. The van der Waals surface area contributed by atoms with E-state index in [0.717, 1.165) is 22.3 Å². The molecule has 1 aliphatic carbocycles. The fourth-order valence-corrected chi connectivity index (χ4v) is 6.32. The second kappa shape index (κ2) is 13.6. The highest BCUT2D eigenvalue weighted by atomic mass is 31.2. The van der Waals surface area contributed by atoms with E-state index in [4.69, 9.17) is 25.3 Å². The first-order valence-electron chi connectivity index (χ1n) is 14.3. The summed E-state index contributed by atoms with van der Waals surface area (Å²) in [6.07, 6.45) is 0.728. The van der Waals surface area contributed by atoms with Gasteiger partial charge in [-0.1, -0.05) is 54.6 Å². The molecule has 3 aromatic rings. The molecule has 2 aliphatic rings. The predicted octanol–water partition coefficient (Wildman–Crippen LogP) is 3.24. The number of ether oxygens (including phenoxy) is 1. The summed E-state index contributed by atoms with van der Waals surface area (Å²) in [6, 6.07) is 18.5. The van der Waals surface area contributed by atoms with Gasteiger partial charge in [-0.15, -0.1) is 0 Å².